The highest BCUT2D eigenvalue weighted by atomic mass is 32.2. The molecule has 1 aromatic rings. The van der Waals surface area contributed by atoms with Crippen LogP contribution in [0.1, 0.15) is 38.9 Å². The van der Waals surface area contributed by atoms with Gasteiger partial charge in [-0.2, -0.15) is 0 Å². The summed E-state index contributed by atoms with van der Waals surface area (Å²) in [6, 6.07) is 0. The highest BCUT2D eigenvalue weighted by Crippen LogP contribution is 2.10. The molecule has 0 saturated heterocycles. The number of ether oxygens (including phenoxy) is 1. The second-order valence-electron chi connectivity index (χ2n) is 4.45. The van der Waals surface area contributed by atoms with Gasteiger partial charge < -0.3 is 9.30 Å². The van der Waals surface area contributed by atoms with Crippen molar-refractivity contribution < 1.29 is 13.2 Å². The molecule has 0 atom stereocenters. The van der Waals surface area contributed by atoms with Crippen LogP contribution in [-0.2, 0) is 27.7 Å². The Bertz CT molecular complexity index is 482. The number of hydrogen-bond donors (Lipinski definition) is 1. The van der Waals surface area contributed by atoms with Crippen molar-refractivity contribution in [2.75, 3.05) is 13.2 Å². The van der Waals surface area contributed by atoms with Gasteiger partial charge in [-0.25, -0.2) is 18.5 Å². The Labute approximate surface area is 115 Å². The van der Waals surface area contributed by atoms with E-state index in [1.54, 1.807) is 0 Å². The van der Waals surface area contributed by atoms with E-state index in [1.807, 2.05) is 11.5 Å². The van der Waals surface area contributed by atoms with Gasteiger partial charge in [0.15, 0.2) is 5.03 Å². The van der Waals surface area contributed by atoms with Gasteiger partial charge in [-0.05, 0) is 12.8 Å². The van der Waals surface area contributed by atoms with E-state index < -0.39 is 10.0 Å². The second-order valence-corrected chi connectivity index (χ2v) is 5.96. The first-order valence-electron chi connectivity index (χ1n) is 6.65. The normalized spacial score (nSPS) is 11.9. The van der Waals surface area contributed by atoms with Crippen LogP contribution in [-0.4, -0.2) is 31.2 Å². The third kappa shape index (κ3) is 5.30. The Morgan fingerprint density at radius 2 is 2.05 bits per heavy atom. The molecule has 0 amide bonds. The molecule has 0 aliphatic rings. The number of unbranched alkanes of at least 4 members (excludes halogenated alkanes) is 1. The highest BCUT2D eigenvalue weighted by molar-refractivity contribution is 7.89. The van der Waals surface area contributed by atoms with E-state index in [1.165, 1.54) is 6.20 Å². The van der Waals surface area contributed by atoms with E-state index in [-0.39, 0.29) is 5.03 Å². The third-order valence-corrected chi connectivity index (χ3v) is 3.50. The van der Waals surface area contributed by atoms with Crippen LogP contribution in [0.25, 0.3) is 0 Å². The van der Waals surface area contributed by atoms with E-state index in [9.17, 15) is 8.42 Å². The van der Waals surface area contributed by atoms with E-state index in [0.29, 0.717) is 13.2 Å². The van der Waals surface area contributed by atoms with Gasteiger partial charge in [0.1, 0.15) is 5.82 Å². The van der Waals surface area contributed by atoms with E-state index >= 15 is 0 Å². The molecular weight excluding hydrogens is 266 g/mol. The number of nitrogens with zero attached hydrogens (tertiary/aromatic N) is 2. The average Bonchev–Trinajstić information content (AvgIpc) is 2.73. The zero-order valence-corrected chi connectivity index (χ0v) is 12.4. The lowest BCUT2D eigenvalue weighted by Crippen LogP contribution is -2.12. The Morgan fingerprint density at radius 3 is 2.63 bits per heavy atom. The number of primary sulfonamides is 1. The lowest BCUT2D eigenvalue weighted by molar-refractivity contribution is 0.123. The van der Waals surface area contributed by atoms with Crippen molar-refractivity contribution in [2.24, 2.45) is 5.14 Å². The minimum Gasteiger partial charge on any atom is -0.380 e. The Kier molecular flexibility index (Phi) is 6.47. The first-order chi connectivity index (χ1) is 8.99. The van der Waals surface area contributed by atoms with Crippen molar-refractivity contribution in [1.82, 2.24) is 9.55 Å². The summed E-state index contributed by atoms with van der Waals surface area (Å²) in [6.45, 7) is 6.01. The van der Waals surface area contributed by atoms with Crippen molar-refractivity contribution in [1.29, 1.82) is 0 Å². The van der Waals surface area contributed by atoms with Gasteiger partial charge in [0.25, 0.3) is 10.0 Å². The molecular formula is C12H23N3O3S. The molecule has 0 saturated carbocycles. The SMILES string of the molecule is CCCCOCCn1cc(S(N)(=O)=O)nc1CCC. The number of imidazole rings is 1. The fourth-order valence-electron chi connectivity index (χ4n) is 1.69. The fraction of sp³-hybridized carbons (Fsp3) is 0.750. The molecule has 0 fully saturated rings. The van der Waals surface area contributed by atoms with Gasteiger partial charge in [0, 0.05) is 25.8 Å². The van der Waals surface area contributed by atoms with Crippen molar-refractivity contribution in [3.63, 3.8) is 0 Å². The molecule has 0 bridgehead atoms. The van der Waals surface area contributed by atoms with Crippen molar-refractivity contribution in [3.8, 4) is 0 Å². The van der Waals surface area contributed by atoms with E-state index in [4.69, 9.17) is 9.88 Å². The molecule has 1 heterocycles. The molecule has 0 spiro atoms. The summed E-state index contributed by atoms with van der Waals surface area (Å²) in [4.78, 5) is 4.08. The first kappa shape index (κ1) is 16.1. The smallest absolute Gasteiger partial charge is 0.257 e. The lowest BCUT2D eigenvalue weighted by atomic mass is 10.3. The van der Waals surface area contributed by atoms with E-state index in [0.717, 1.165) is 38.1 Å². The molecule has 19 heavy (non-hydrogen) atoms. The minimum atomic E-state index is -3.73. The number of sulfonamides is 1. The largest absolute Gasteiger partial charge is 0.380 e. The topological polar surface area (TPSA) is 87.2 Å². The Hall–Kier alpha value is -0.920. The molecule has 0 radical (unpaired) electrons. The molecule has 6 nitrogen and oxygen atoms in total. The molecule has 1 rings (SSSR count). The van der Waals surface area contributed by atoms with Crippen LogP contribution < -0.4 is 5.14 Å². The summed E-state index contributed by atoms with van der Waals surface area (Å²) in [6.07, 6.45) is 5.25. The van der Waals surface area contributed by atoms with Crippen LogP contribution >= 0.6 is 0 Å². The quantitative estimate of drug-likeness (QED) is 0.694. The van der Waals surface area contributed by atoms with Gasteiger partial charge in [-0.3, -0.25) is 0 Å². The zero-order chi connectivity index (χ0) is 14.3. The third-order valence-electron chi connectivity index (χ3n) is 2.72. The van der Waals surface area contributed by atoms with Gasteiger partial charge >= 0.3 is 0 Å². The maximum Gasteiger partial charge on any atom is 0.257 e. The number of hydrogen-bond acceptors (Lipinski definition) is 4. The molecule has 0 aliphatic carbocycles. The summed E-state index contributed by atoms with van der Waals surface area (Å²) in [5, 5.41) is 5.03. The molecule has 7 heteroatoms. The Morgan fingerprint density at radius 1 is 1.32 bits per heavy atom. The van der Waals surface area contributed by atoms with Gasteiger partial charge in [-0.15, -0.1) is 0 Å². The van der Waals surface area contributed by atoms with Gasteiger partial charge in [0.05, 0.1) is 6.61 Å². The standard InChI is InChI=1S/C12H23N3O3S/c1-3-5-8-18-9-7-15-10-12(19(13,16)17)14-11(15)6-4-2/h10H,3-9H2,1-2H3,(H2,13,16,17). The zero-order valence-electron chi connectivity index (χ0n) is 11.6. The van der Waals surface area contributed by atoms with Crippen LogP contribution in [0.3, 0.4) is 0 Å². The van der Waals surface area contributed by atoms with Crippen LogP contribution in [0.4, 0.5) is 0 Å². The lowest BCUT2D eigenvalue weighted by Gasteiger charge is -2.07. The first-order valence-corrected chi connectivity index (χ1v) is 8.20. The highest BCUT2D eigenvalue weighted by Gasteiger charge is 2.15. The molecule has 110 valence electrons. The number of rotatable bonds is 9. The molecule has 0 aliphatic heterocycles. The molecule has 0 aromatic carbocycles. The number of aryl methyl sites for hydroxylation is 1. The van der Waals surface area contributed by atoms with E-state index in [2.05, 4.69) is 11.9 Å². The Balaban J connectivity index is 2.67. The van der Waals surface area contributed by atoms with Gasteiger partial charge in [-0.1, -0.05) is 20.3 Å². The van der Waals surface area contributed by atoms with Crippen molar-refractivity contribution in [3.05, 3.63) is 12.0 Å². The summed E-state index contributed by atoms with van der Waals surface area (Å²) in [5.74, 6) is 0.741. The number of aromatic nitrogens is 2. The molecule has 1 aromatic heterocycles. The minimum absolute atomic E-state index is 0.0653. The maximum absolute atomic E-state index is 11.3. The predicted octanol–water partition coefficient (Wildman–Crippen LogP) is 1.30. The molecule has 0 unspecified atom stereocenters. The molecule has 2 N–H and O–H groups in total. The number of nitrogens with two attached hydrogens (primary N) is 1. The summed E-state index contributed by atoms with van der Waals surface area (Å²) in [7, 11) is -3.73. The maximum atomic E-state index is 11.3. The average molecular weight is 289 g/mol. The van der Waals surface area contributed by atoms with Crippen LogP contribution in [0.15, 0.2) is 11.2 Å². The van der Waals surface area contributed by atoms with Crippen LogP contribution in [0.2, 0.25) is 0 Å². The van der Waals surface area contributed by atoms with Crippen LogP contribution in [0.5, 0.6) is 0 Å². The summed E-state index contributed by atoms with van der Waals surface area (Å²) >= 11 is 0. The van der Waals surface area contributed by atoms with Gasteiger partial charge in [0.2, 0.25) is 0 Å². The summed E-state index contributed by atoms with van der Waals surface area (Å²) in [5.41, 5.74) is 0. The van der Waals surface area contributed by atoms with Crippen molar-refractivity contribution >= 4 is 10.0 Å². The predicted molar refractivity (Wildman–Crippen MR) is 73.3 cm³/mol. The monoisotopic (exact) mass is 289 g/mol. The summed E-state index contributed by atoms with van der Waals surface area (Å²) < 4.78 is 29.9. The second kappa shape index (κ2) is 7.62. The van der Waals surface area contributed by atoms with Crippen molar-refractivity contribution in [2.45, 2.75) is 51.1 Å². The fourth-order valence-corrected chi connectivity index (χ4v) is 2.20. The van der Waals surface area contributed by atoms with Crippen LogP contribution in [0, 0.1) is 0 Å².